The smallest absolute Gasteiger partial charge is 0.410 e. The number of alkyl halides is 2. The van der Waals surface area contributed by atoms with Crippen LogP contribution in [-0.4, -0.2) is 63.4 Å². The van der Waals surface area contributed by atoms with Crippen LogP contribution in [0.1, 0.15) is 65.2 Å². The fraction of sp³-hybridized carbons (Fsp3) is 0.306. The van der Waals surface area contributed by atoms with Gasteiger partial charge in [-0.25, -0.2) is 4.79 Å². The Morgan fingerprint density at radius 3 is 2.31 bits per heavy atom. The average molecular weight is 669 g/mol. The Labute approximate surface area is 281 Å². The van der Waals surface area contributed by atoms with Crippen LogP contribution in [0.25, 0.3) is 0 Å². The zero-order valence-electron chi connectivity index (χ0n) is 27.3. The largest absolute Gasteiger partial charge is 0.485 e. The van der Waals surface area contributed by atoms with E-state index in [2.05, 4.69) is 16.5 Å². The van der Waals surface area contributed by atoms with Gasteiger partial charge in [0, 0.05) is 22.5 Å². The van der Waals surface area contributed by atoms with Gasteiger partial charge in [0.25, 0.3) is 17.7 Å². The van der Waals surface area contributed by atoms with Gasteiger partial charge >= 0.3 is 6.09 Å². The van der Waals surface area contributed by atoms with Crippen molar-refractivity contribution in [3.05, 3.63) is 107 Å². The lowest BCUT2D eigenvalue weighted by Crippen LogP contribution is -2.57. The predicted molar refractivity (Wildman–Crippen MR) is 176 cm³/mol. The first-order chi connectivity index (χ1) is 23.2. The number of nitriles is 1. The maximum Gasteiger partial charge on any atom is 0.410 e. The summed E-state index contributed by atoms with van der Waals surface area (Å²) < 4.78 is 43.0. The molecule has 3 heterocycles. The molecule has 3 aromatic carbocycles. The van der Waals surface area contributed by atoms with Gasteiger partial charge in [0.15, 0.2) is 0 Å². The van der Waals surface area contributed by atoms with Gasteiger partial charge in [0.1, 0.15) is 29.2 Å². The highest BCUT2D eigenvalue weighted by atomic mass is 19.3. The highest BCUT2D eigenvalue weighted by Crippen LogP contribution is 2.37. The predicted octanol–water partition coefficient (Wildman–Crippen LogP) is 6.19. The van der Waals surface area contributed by atoms with Crippen molar-refractivity contribution in [2.45, 2.75) is 57.9 Å². The molecular formula is C36H34F2N6O5. The summed E-state index contributed by atoms with van der Waals surface area (Å²) in [6, 6.07) is 19.3. The molecule has 6 rings (SSSR count). The molecule has 49 heavy (non-hydrogen) atoms. The topological polar surface area (TPSA) is 130 Å². The third-order valence-corrected chi connectivity index (χ3v) is 8.18. The fourth-order valence-electron chi connectivity index (χ4n) is 5.74. The summed E-state index contributed by atoms with van der Waals surface area (Å²) in [5, 5.41) is 16.8. The van der Waals surface area contributed by atoms with Crippen LogP contribution in [-0.2, 0) is 17.2 Å². The molecule has 4 aromatic rings. The van der Waals surface area contributed by atoms with Crippen LogP contribution in [0.3, 0.4) is 0 Å². The molecule has 1 N–H and O–H groups in total. The zero-order chi connectivity index (χ0) is 35.1. The van der Waals surface area contributed by atoms with Gasteiger partial charge in [0.05, 0.1) is 43.0 Å². The van der Waals surface area contributed by atoms with Gasteiger partial charge in [-0.2, -0.15) is 19.1 Å². The number of halogens is 2. The van der Waals surface area contributed by atoms with Crippen molar-refractivity contribution in [2.75, 3.05) is 23.3 Å². The van der Waals surface area contributed by atoms with Crippen LogP contribution in [0.5, 0.6) is 5.75 Å². The summed E-state index contributed by atoms with van der Waals surface area (Å²) in [7, 11) is 0. The lowest BCUT2D eigenvalue weighted by molar-refractivity contribution is -0.0222. The van der Waals surface area contributed by atoms with Crippen LogP contribution in [0.15, 0.2) is 79.0 Å². The molecule has 3 amide bonds. The molecule has 13 heteroatoms. The molecule has 1 atom stereocenters. The van der Waals surface area contributed by atoms with Gasteiger partial charge in [-0.1, -0.05) is 42.5 Å². The maximum atomic E-state index is 15.1. The van der Waals surface area contributed by atoms with Crippen molar-refractivity contribution in [1.82, 2.24) is 14.7 Å². The molecular weight excluding hydrogens is 634 g/mol. The molecule has 1 fully saturated rings. The fourth-order valence-corrected chi connectivity index (χ4v) is 5.74. The Hall–Kier alpha value is -5.77. The van der Waals surface area contributed by atoms with Crippen LogP contribution in [0, 0.1) is 11.3 Å². The summed E-state index contributed by atoms with van der Waals surface area (Å²) in [6.45, 7) is 8.04. The molecule has 252 valence electrons. The van der Waals surface area contributed by atoms with E-state index in [9.17, 15) is 19.6 Å². The van der Waals surface area contributed by atoms with E-state index >= 15 is 8.78 Å². The number of benzene rings is 3. The van der Waals surface area contributed by atoms with E-state index in [0.717, 1.165) is 0 Å². The Morgan fingerprint density at radius 1 is 0.980 bits per heavy atom. The lowest BCUT2D eigenvalue weighted by atomic mass is 9.99. The number of aromatic nitrogens is 2. The van der Waals surface area contributed by atoms with Crippen molar-refractivity contribution in [3.63, 3.8) is 0 Å². The van der Waals surface area contributed by atoms with E-state index in [4.69, 9.17) is 9.47 Å². The Kier molecular flexibility index (Phi) is 8.58. The summed E-state index contributed by atoms with van der Waals surface area (Å²) in [6.07, 6.45) is 0.537. The number of likely N-dealkylation sites (tertiary alicyclic amines) is 1. The second-order valence-corrected chi connectivity index (χ2v) is 13.0. The number of amides is 3. The highest BCUT2D eigenvalue weighted by molar-refractivity contribution is 6.15. The second-order valence-electron chi connectivity index (χ2n) is 13.0. The molecule has 11 nitrogen and oxygen atoms in total. The minimum atomic E-state index is -3.23. The third kappa shape index (κ3) is 6.67. The SMILES string of the molecule is CC1Cn2ncc(C(=O)Nc3ccc(OC4CN(C(=O)OC(C)(C)C)C4)c(C#N)c3)c2C(=O)N1c1ccc(C(F)(F)c2ccccc2)cc1. The van der Waals surface area contributed by atoms with E-state index in [1.54, 1.807) is 58.0 Å². The number of nitrogens with one attached hydrogen (secondary N) is 1. The number of hydrogen-bond acceptors (Lipinski definition) is 7. The molecule has 2 aliphatic rings. The average Bonchev–Trinajstić information content (AvgIpc) is 3.47. The molecule has 0 aliphatic carbocycles. The summed E-state index contributed by atoms with van der Waals surface area (Å²) in [5.74, 6) is -4.06. The number of nitrogens with zero attached hydrogens (tertiary/aromatic N) is 5. The van der Waals surface area contributed by atoms with E-state index in [1.165, 1.54) is 63.1 Å². The monoisotopic (exact) mass is 668 g/mol. The molecule has 0 bridgehead atoms. The van der Waals surface area contributed by atoms with Crippen LogP contribution >= 0.6 is 0 Å². The van der Waals surface area contributed by atoms with Gasteiger partial charge in [-0.15, -0.1) is 0 Å². The molecule has 1 saturated heterocycles. The Bertz CT molecular complexity index is 1940. The second kappa shape index (κ2) is 12.7. The molecule has 1 aromatic heterocycles. The van der Waals surface area contributed by atoms with Crippen LogP contribution in [0.2, 0.25) is 0 Å². The number of fused-ring (bicyclic) bond motifs is 1. The molecule has 0 radical (unpaired) electrons. The number of hydrogen-bond donors (Lipinski definition) is 1. The van der Waals surface area contributed by atoms with Crippen molar-refractivity contribution in [2.24, 2.45) is 0 Å². The van der Waals surface area contributed by atoms with E-state index in [-0.39, 0.29) is 46.6 Å². The number of rotatable bonds is 7. The molecule has 0 saturated carbocycles. The quantitative estimate of drug-likeness (QED) is 0.249. The number of anilines is 2. The molecule has 0 spiro atoms. The lowest BCUT2D eigenvalue weighted by Gasteiger charge is -2.39. The van der Waals surface area contributed by atoms with Crippen LogP contribution in [0.4, 0.5) is 25.0 Å². The first kappa shape index (κ1) is 33.1. The number of carbonyl (C=O) groups is 3. The standard InChI is InChI=1S/C36H34F2N6O5/c1-22-19-43-31(33(46)44(22)27-13-10-25(11-14-27)36(37,38)24-8-6-5-7-9-24)29(18-40-43)32(45)41-26-12-15-30(23(16-26)17-39)48-28-20-42(21-28)34(47)49-35(2,3)4/h5-16,18,22,28H,19-21H2,1-4H3,(H,41,45). The first-order valence-corrected chi connectivity index (χ1v) is 15.7. The minimum Gasteiger partial charge on any atom is -0.485 e. The summed E-state index contributed by atoms with van der Waals surface area (Å²) in [4.78, 5) is 42.5. The zero-order valence-corrected chi connectivity index (χ0v) is 27.3. The van der Waals surface area contributed by atoms with Gasteiger partial charge in [0.2, 0.25) is 0 Å². The molecule has 2 aliphatic heterocycles. The van der Waals surface area contributed by atoms with Gasteiger partial charge in [-0.05, 0) is 58.0 Å². The van der Waals surface area contributed by atoms with E-state index in [0.29, 0.717) is 30.2 Å². The summed E-state index contributed by atoms with van der Waals surface area (Å²) >= 11 is 0. The van der Waals surface area contributed by atoms with E-state index < -0.39 is 29.4 Å². The maximum absolute atomic E-state index is 15.1. The van der Waals surface area contributed by atoms with Crippen LogP contribution < -0.4 is 15.0 Å². The van der Waals surface area contributed by atoms with Crippen molar-refractivity contribution >= 4 is 29.3 Å². The molecule has 1 unspecified atom stereocenters. The van der Waals surface area contributed by atoms with E-state index in [1.807, 2.05) is 0 Å². The van der Waals surface area contributed by atoms with Gasteiger partial charge in [-0.3, -0.25) is 14.3 Å². The van der Waals surface area contributed by atoms with Crippen molar-refractivity contribution in [1.29, 1.82) is 5.26 Å². The Balaban J connectivity index is 1.14. The number of ether oxygens (including phenoxy) is 2. The normalized spacial score (nSPS) is 16.3. The van der Waals surface area contributed by atoms with Crippen molar-refractivity contribution < 1.29 is 32.6 Å². The number of carbonyl (C=O) groups excluding carboxylic acids is 3. The highest BCUT2D eigenvalue weighted by Gasteiger charge is 2.38. The van der Waals surface area contributed by atoms with Crippen molar-refractivity contribution in [3.8, 4) is 11.8 Å². The van der Waals surface area contributed by atoms with Gasteiger partial charge < -0.3 is 24.6 Å². The minimum absolute atomic E-state index is 0.0182. The Morgan fingerprint density at radius 2 is 1.65 bits per heavy atom. The first-order valence-electron chi connectivity index (χ1n) is 15.7. The summed E-state index contributed by atoms with van der Waals surface area (Å²) in [5.41, 5.74) is -0.0365. The third-order valence-electron chi connectivity index (χ3n) is 8.18.